The van der Waals surface area contributed by atoms with Crippen LogP contribution in [-0.4, -0.2) is 61.1 Å². The first-order valence-corrected chi connectivity index (χ1v) is 7.26. The minimum atomic E-state index is -1.31. The maximum atomic E-state index is 11.1. The van der Waals surface area contributed by atoms with Crippen molar-refractivity contribution < 1.29 is 24.6 Å². The molecule has 2 aromatic rings. The van der Waals surface area contributed by atoms with Crippen molar-refractivity contribution in [3.63, 3.8) is 0 Å². The fourth-order valence-corrected chi connectivity index (χ4v) is 2.66. The number of aromatic nitrogens is 4. The summed E-state index contributed by atoms with van der Waals surface area (Å²) in [6.45, 7) is 0. The molecule has 3 rings (SSSR count). The summed E-state index contributed by atoms with van der Waals surface area (Å²) >= 11 is 0. The van der Waals surface area contributed by atoms with Crippen LogP contribution in [0.1, 0.15) is 18.5 Å². The van der Waals surface area contributed by atoms with E-state index in [1.807, 2.05) is 0 Å². The Kier molecular flexibility index (Phi) is 4.51. The van der Waals surface area contributed by atoms with Crippen molar-refractivity contribution in [2.75, 3.05) is 12.6 Å². The lowest BCUT2D eigenvalue weighted by Gasteiger charge is -2.16. The highest BCUT2D eigenvalue weighted by atomic mass is 16.6. The fourth-order valence-electron chi connectivity index (χ4n) is 2.66. The lowest BCUT2D eigenvalue weighted by atomic mass is 10.1. The number of nitrogens with zero attached hydrogens (tertiary/aromatic N) is 4. The molecule has 1 saturated heterocycles. The number of ether oxygens (including phenoxy) is 1. The summed E-state index contributed by atoms with van der Waals surface area (Å²) < 4.78 is 6.98. The molecular weight excluding hydrogens is 332 g/mol. The average Bonchev–Trinajstić information content (AvgIpc) is 3.11. The van der Waals surface area contributed by atoms with Gasteiger partial charge in [0.15, 0.2) is 23.2 Å². The Morgan fingerprint density at radius 1 is 1.52 bits per heavy atom. The SMILES string of the molecule is C#Cc1nc(NOC)c2ncn([C@@H]3O[C@@H](CC(N)=O)[C@@H](O)[C@H]3O)c2n1. The third kappa shape index (κ3) is 2.99. The molecule has 1 aliphatic rings. The maximum Gasteiger partial charge on any atom is 0.220 e. The number of rotatable bonds is 5. The number of aliphatic hydroxyl groups excluding tert-OH is 2. The Morgan fingerprint density at radius 2 is 2.28 bits per heavy atom. The summed E-state index contributed by atoms with van der Waals surface area (Å²) in [5.74, 6) is 1.95. The predicted molar refractivity (Wildman–Crippen MR) is 83.6 cm³/mol. The summed E-state index contributed by atoms with van der Waals surface area (Å²) in [7, 11) is 1.40. The summed E-state index contributed by atoms with van der Waals surface area (Å²) in [5.41, 5.74) is 8.26. The lowest BCUT2D eigenvalue weighted by Crippen LogP contribution is -2.33. The highest BCUT2D eigenvalue weighted by Gasteiger charge is 2.44. The highest BCUT2D eigenvalue weighted by molar-refractivity contribution is 5.83. The number of hydrogen-bond acceptors (Lipinski definition) is 9. The summed E-state index contributed by atoms with van der Waals surface area (Å²) in [6, 6.07) is 0. The number of aliphatic hydroxyl groups is 2. The van der Waals surface area contributed by atoms with Gasteiger partial charge in [0.05, 0.1) is 26.0 Å². The molecule has 0 bridgehead atoms. The molecule has 0 saturated carbocycles. The Bertz CT molecular complexity index is 846. The zero-order valence-electron chi connectivity index (χ0n) is 13.2. The highest BCUT2D eigenvalue weighted by Crippen LogP contribution is 2.33. The largest absolute Gasteiger partial charge is 0.388 e. The van der Waals surface area contributed by atoms with Crippen molar-refractivity contribution in [2.45, 2.75) is 31.0 Å². The topological polar surface area (TPSA) is 158 Å². The van der Waals surface area contributed by atoms with Crippen LogP contribution in [-0.2, 0) is 14.4 Å². The minimum Gasteiger partial charge on any atom is -0.388 e. The van der Waals surface area contributed by atoms with E-state index < -0.39 is 30.4 Å². The number of primary amides is 1. The monoisotopic (exact) mass is 348 g/mol. The van der Waals surface area contributed by atoms with Crippen molar-refractivity contribution in [2.24, 2.45) is 5.73 Å². The molecule has 0 unspecified atom stereocenters. The molecule has 4 atom stereocenters. The van der Waals surface area contributed by atoms with E-state index in [1.165, 1.54) is 18.0 Å². The maximum absolute atomic E-state index is 11.1. The summed E-state index contributed by atoms with van der Waals surface area (Å²) in [6.07, 6.45) is 1.90. The van der Waals surface area contributed by atoms with Gasteiger partial charge in [-0.05, 0) is 5.92 Å². The van der Waals surface area contributed by atoms with Gasteiger partial charge < -0.3 is 20.7 Å². The molecule has 3 heterocycles. The quantitative estimate of drug-likeness (QED) is 0.364. The van der Waals surface area contributed by atoms with Crippen molar-refractivity contribution in [1.82, 2.24) is 19.5 Å². The number of carbonyl (C=O) groups is 1. The van der Waals surface area contributed by atoms with Crippen LogP contribution in [0.5, 0.6) is 0 Å². The average molecular weight is 348 g/mol. The smallest absolute Gasteiger partial charge is 0.220 e. The Morgan fingerprint density at radius 3 is 2.92 bits per heavy atom. The third-order valence-corrected chi connectivity index (χ3v) is 3.76. The molecule has 0 spiro atoms. The van der Waals surface area contributed by atoms with E-state index in [0.717, 1.165) is 0 Å². The van der Waals surface area contributed by atoms with E-state index in [4.69, 9.17) is 21.7 Å². The number of nitrogens with two attached hydrogens (primary N) is 1. The van der Waals surface area contributed by atoms with Gasteiger partial charge in [-0.1, -0.05) is 0 Å². The van der Waals surface area contributed by atoms with Crippen molar-refractivity contribution in [1.29, 1.82) is 0 Å². The first-order chi connectivity index (χ1) is 12.0. The number of hydrogen-bond donors (Lipinski definition) is 4. The van der Waals surface area contributed by atoms with Gasteiger partial charge in [0.1, 0.15) is 12.2 Å². The van der Waals surface area contributed by atoms with Crippen LogP contribution in [0.2, 0.25) is 0 Å². The molecule has 11 nitrogen and oxygen atoms in total. The normalized spacial score (nSPS) is 25.8. The molecule has 25 heavy (non-hydrogen) atoms. The number of amides is 1. The van der Waals surface area contributed by atoms with Crippen molar-refractivity contribution in [3.05, 3.63) is 12.2 Å². The molecule has 0 aromatic carbocycles. The van der Waals surface area contributed by atoms with Crippen LogP contribution in [0, 0.1) is 12.3 Å². The molecule has 0 aliphatic carbocycles. The van der Waals surface area contributed by atoms with Crippen LogP contribution >= 0.6 is 0 Å². The summed E-state index contributed by atoms with van der Waals surface area (Å²) in [5, 5.41) is 20.3. The van der Waals surface area contributed by atoms with Crippen LogP contribution in [0.3, 0.4) is 0 Å². The molecule has 2 aromatic heterocycles. The van der Waals surface area contributed by atoms with Gasteiger partial charge in [-0.2, -0.15) is 4.98 Å². The number of nitrogens with one attached hydrogen (secondary N) is 1. The Hall–Kier alpha value is -2.78. The number of carbonyl (C=O) groups excluding carboxylic acids is 1. The van der Waals surface area contributed by atoms with Gasteiger partial charge in [-0.3, -0.25) is 14.2 Å². The number of anilines is 1. The van der Waals surface area contributed by atoms with E-state index in [0.29, 0.717) is 5.52 Å². The minimum absolute atomic E-state index is 0.0653. The summed E-state index contributed by atoms with van der Waals surface area (Å²) in [4.78, 5) is 28.3. The van der Waals surface area contributed by atoms with Gasteiger partial charge in [-0.15, -0.1) is 6.42 Å². The number of imidazole rings is 1. The van der Waals surface area contributed by atoms with Crippen molar-refractivity contribution in [3.8, 4) is 12.3 Å². The fraction of sp³-hybridized carbons (Fsp3) is 0.429. The van der Waals surface area contributed by atoms with Crippen molar-refractivity contribution >= 4 is 22.9 Å². The molecule has 0 radical (unpaired) electrons. The second kappa shape index (κ2) is 6.61. The Labute approximate surface area is 141 Å². The molecule has 11 heteroatoms. The Balaban J connectivity index is 2.03. The van der Waals surface area contributed by atoms with Crippen LogP contribution in [0.25, 0.3) is 11.2 Å². The van der Waals surface area contributed by atoms with Gasteiger partial charge >= 0.3 is 0 Å². The molecule has 1 fully saturated rings. The van der Waals surface area contributed by atoms with Gasteiger partial charge in [-0.25, -0.2) is 15.4 Å². The van der Waals surface area contributed by atoms with E-state index in [-0.39, 0.29) is 23.7 Å². The lowest BCUT2D eigenvalue weighted by molar-refractivity contribution is -0.122. The van der Waals surface area contributed by atoms with Crippen LogP contribution in [0.4, 0.5) is 5.82 Å². The van der Waals surface area contributed by atoms with Crippen LogP contribution in [0.15, 0.2) is 6.33 Å². The van der Waals surface area contributed by atoms with E-state index in [9.17, 15) is 15.0 Å². The first-order valence-electron chi connectivity index (χ1n) is 7.26. The standard InChI is InChI=1S/C14H16N6O5/c1-3-8-17-12(19-24-2)9-13(18-8)20(5-16-9)14-11(23)10(22)6(25-14)4-7(15)21/h1,5-6,10-11,14,22-23H,4H2,2H3,(H2,15,21)(H,17,18,19)/t6-,10+,11+,14+/m0/s1. The van der Waals surface area contributed by atoms with E-state index >= 15 is 0 Å². The van der Waals surface area contributed by atoms with Gasteiger partial charge in [0.2, 0.25) is 11.7 Å². The molecule has 5 N–H and O–H groups in total. The molecular formula is C14H16N6O5. The van der Waals surface area contributed by atoms with E-state index in [2.05, 4.69) is 26.4 Å². The zero-order valence-corrected chi connectivity index (χ0v) is 13.2. The number of terminal acetylenes is 1. The predicted octanol–water partition coefficient (Wildman–Crippen LogP) is -1.72. The second-order valence-corrected chi connectivity index (χ2v) is 5.39. The first kappa shape index (κ1) is 17.1. The van der Waals surface area contributed by atoms with Crippen LogP contribution < -0.4 is 11.2 Å². The molecule has 1 aliphatic heterocycles. The molecule has 1 amide bonds. The third-order valence-electron chi connectivity index (χ3n) is 3.76. The van der Waals surface area contributed by atoms with E-state index in [1.54, 1.807) is 0 Å². The zero-order chi connectivity index (χ0) is 18.1. The number of fused-ring (bicyclic) bond motifs is 1. The van der Waals surface area contributed by atoms with Gasteiger partial charge in [0, 0.05) is 0 Å². The second-order valence-electron chi connectivity index (χ2n) is 5.39. The van der Waals surface area contributed by atoms with Gasteiger partial charge in [0.25, 0.3) is 0 Å². The molecule has 132 valence electrons.